The maximum absolute atomic E-state index is 10.6. The van der Waals surface area contributed by atoms with Crippen LogP contribution < -0.4 is 0 Å². The Morgan fingerprint density at radius 2 is 2.20 bits per heavy atom. The summed E-state index contributed by atoms with van der Waals surface area (Å²) in [5.41, 5.74) is 0.245. The first-order valence-electron chi connectivity index (χ1n) is 5.15. The summed E-state index contributed by atoms with van der Waals surface area (Å²) in [7, 11) is 0. The molecular weight excluding hydrogens is 194 g/mol. The van der Waals surface area contributed by atoms with Gasteiger partial charge in [0.1, 0.15) is 0 Å². The van der Waals surface area contributed by atoms with Gasteiger partial charge in [0.2, 0.25) is 0 Å². The Labute approximate surface area is 89.3 Å². The number of carbonyl (C=O) groups is 1. The molecule has 1 rings (SSSR count). The molecular formula is C10H17N3O2. The maximum Gasteiger partial charge on any atom is 0.338 e. The predicted octanol–water partition coefficient (Wildman–Crippen LogP) is 0.923. The number of hydrogen-bond acceptors (Lipinski definition) is 3. The number of nitrogens with zero attached hydrogens (tertiary/aromatic N) is 3. The van der Waals surface area contributed by atoms with E-state index in [1.807, 2.05) is 0 Å². The molecule has 0 amide bonds. The maximum atomic E-state index is 10.6. The molecule has 0 aliphatic heterocycles. The van der Waals surface area contributed by atoms with E-state index in [9.17, 15) is 4.79 Å². The first-order chi connectivity index (χ1) is 7.17. The number of carboxylic acids is 1. The van der Waals surface area contributed by atoms with Gasteiger partial charge in [0, 0.05) is 12.7 Å². The molecule has 5 nitrogen and oxygen atoms in total. The van der Waals surface area contributed by atoms with Crippen LogP contribution in [0.5, 0.6) is 0 Å². The summed E-state index contributed by atoms with van der Waals surface area (Å²) in [6, 6.07) is 0. The lowest BCUT2D eigenvalue weighted by atomic mass is 10.4. The molecule has 0 aromatic carbocycles. The van der Waals surface area contributed by atoms with E-state index in [1.165, 1.54) is 6.20 Å². The summed E-state index contributed by atoms with van der Waals surface area (Å²) in [5.74, 6) is -0.927. The van der Waals surface area contributed by atoms with E-state index in [4.69, 9.17) is 5.11 Å². The van der Waals surface area contributed by atoms with Gasteiger partial charge >= 0.3 is 5.97 Å². The Kier molecular flexibility index (Phi) is 4.30. The summed E-state index contributed by atoms with van der Waals surface area (Å²) >= 11 is 0. The number of likely N-dealkylation sites (N-methyl/N-ethyl adjacent to an activating group) is 1. The van der Waals surface area contributed by atoms with Gasteiger partial charge in [-0.1, -0.05) is 13.8 Å². The lowest BCUT2D eigenvalue weighted by molar-refractivity contribution is 0.0696. The average molecular weight is 211 g/mol. The predicted molar refractivity (Wildman–Crippen MR) is 57.0 cm³/mol. The van der Waals surface area contributed by atoms with Crippen molar-refractivity contribution in [2.24, 2.45) is 0 Å². The Bertz CT molecular complexity index is 318. The van der Waals surface area contributed by atoms with Crippen LogP contribution in [0.15, 0.2) is 12.4 Å². The Morgan fingerprint density at radius 1 is 1.53 bits per heavy atom. The number of hydrogen-bond donors (Lipinski definition) is 1. The molecule has 0 bridgehead atoms. The standard InChI is InChI=1S/C10H17N3O2/c1-3-12(4-2)5-6-13-8-9(7-11-13)10(14)15/h7-8H,3-6H2,1-2H3,(H,14,15). The van der Waals surface area contributed by atoms with Gasteiger partial charge in [0.05, 0.1) is 18.3 Å². The third kappa shape index (κ3) is 3.36. The van der Waals surface area contributed by atoms with Crippen molar-refractivity contribution in [2.45, 2.75) is 20.4 Å². The monoisotopic (exact) mass is 211 g/mol. The minimum Gasteiger partial charge on any atom is -0.478 e. The van der Waals surface area contributed by atoms with Crippen LogP contribution in [-0.2, 0) is 6.54 Å². The summed E-state index contributed by atoms with van der Waals surface area (Å²) in [6.07, 6.45) is 2.94. The number of rotatable bonds is 6. The molecule has 0 atom stereocenters. The van der Waals surface area contributed by atoms with Crippen molar-refractivity contribution in [1.29, 1.82) is 0 Å². The van der Waals surface area contributed by atoms with Gasteiger partial charge in [-0.3, -0.25) is 4.68 Å². The fourth-order valence-electron chi connectivity index (χ4n) is 1.38. The third-order valence-corrected chi connectivity index (χ3v) is 2.42. The number of carboxylic acid groups (broad SMARTS) is 1. The number of aromatic nitrogens is 2. The molecule has 0 aliphatic carbocycles. The van der Waals surface area contributed by atoms with E-state index >= 15 is 0 Å². The van der Waals surface area contributed by atoms with Crippen molar-refractivity contribution in [3.05, 3.63) is 18.0 Å². The van der Waals surface area contributed by atoms with Gasteiger partial charge in [0.25, 0.3) is 0 Å². The van der Waals surface area contributed by atoms with Crippen LogP contribution in [0.25, 0.3) is 0 Å². The Hall–Kier alpha value is -1.36. The Morgan fingerprint density at radius 3 is 2.67 bits per heavy atom. The minimum absolute atomic E-state index is 0.245. The van der Waals surface area contributed by atoms with E-state index in [0.717, 1.165) is 26.2 Å². The first kappa shape index (κ1) is 11.7. The molecule has 1 aromatic heterocycles. The molecule has 5 heteroatoms. The molecule has 15 heavy (non-hydrogen) atoms. The molecule has 0 saturated heterocycles. The van der Waals surface area contributed by atoms with Crippen molar-refractivity contribution < 1.29 is 9.90 Å². The van der Waals surface area contributed by atoms with Crippen LogP contribution in [-0.4, -0.2) is 45.4 Å². The van der Waals surface area contributed by atoms with E-state index in [2.05, 4.69) is 23.8 Å². The summed E-state index contributed by atoms with van der Waals surface area (Å²) in [6.45, 7) is 7.85. The zero-order valence-corrected chi connectivity index (χ0v) is 9.18. The normalized spacial score (nSPS) is 10.9. The quantitative estimate of drug-likeness (QED) is 0.760. The van der Waals surface area contributed by atoms with Gasteiger partial charge in [-0.15, -0.1) is 0 Å². The van der Waals surface area contributed by atoms with Crippen molar-refractivity contribution in [2.75, 3.05) is 19.6 Å². The fourth-order valence-corrected chi connectivity index (χ4v) is 1.38. The smallest absolute Gasteiger partial charge is 0.338 e. The van der Waals surface area contributed by atoms with Gasteiger partial charge in [-0.2, -0.15) is 5.10 Å². The van der Waals surface area contributed by atoms with Crippen LogP contribution in [0.1, 0.15) is 24.2 Å². The summed E-state index contributed by atoms with van der Waals surface area (Å²) in [5, 5.41) is 12.7. The van der Waals surface area contributed by atoms with Crippen LogP contribution >= 0.6 is 0 Å². The average Bonchev–Trinajstić information content (AvgIpc) is 2.68. The molecule has 0 radical (unpaired) electrons. The molecule has 0 fully saturated rings. The molecule has 0 spiro atoms. The third-order valence-electron chi connectivity index (χ3n) is 2.42. The highest BCUT2D eigenvalue weighted by Crippen LogP contribution is 1.98. The minimum atomic E-state index is -0.927. The van der Waals surface area contributed by atoms with Gasteiger partial charge < -0.3 is 10.0 Å². The summed E-state index contributed by atoms with van der Waals surface area (Å²) in [4.78, 5) is 12.9. The zero-order valence-electron chi connectivity index (χ0n) is 9.18. The van der Waals surface area contributed by atoms with Gasteiger partial charge in [0.15, 0.2) is 0 Å². The van der Waals surface area contributed by atoms with Crippen molar-refractivity contribution in [1.82, 2.24) is 14.7 Å². The highest BCUT2D eigenvalue weighted by atomic mass is 16.4. The van der Waals surface area contributed by atoms with E-state index in [-0.39, 0.29) is 5.56 Å². The molecule has 1 heterocycles. The lowest BCUT2D eigenvalue weighted by Crippen LogP contribution is -2.27. The topological polar surface area (TPSA) is 58.4 Å². The molecule has 1 aromatic rings. The molecule has 0 aliphatic rings. The van der Waals surface area contributed by atoms with Crippen LogP contribution in [0.2, 0.25) is 0 Å². The second-order valence-electron chi connectivity index (χ2n) is 3.32. The van der Waals surface area contributed by atoms with Crippen molar-refractivity contribution in [3.63, 3.8) is 0 Å². The highest BCUT2D eigenvalue weighted by Gasteiger charge is 2.06. The SMILES string of the molecule is CCN(CC)CCn1cc(C(=O)O)cn1. The summed E-state index contributed by atoms with van der Waals surface area (Å²) < 4.78 is 1.67. The Balaban J connectivity index is 2.47. The highest BCUT2D eigenvalue weighted by molar-refractivity contribution is 5.86. The van der Waals surface area contributed by atoms with E-state index in [0.29, 0.717) is 0 Å². The molecule has 84 valence electrons. The lowest BCUT2D eigenvalue weighted by Gasteiger charge is -2.17. The molecule has 0 unspecified atom stereocenters. The second-order valence-corrected chi connectivity index (χ2v) is 3.32. The van der Waals surface area contributed by atoms with Crippen molar-refractivity contribution >= 4 is 5.97 Å². The zero-order chi connectivity index (χ0) is 11.3. The fraction of sp³-hybridized carbons (Fsp3) is 0.600. The van der Waals surface area contributed by atoms with Gasteiger partial charge in [-0.05, 0) is 13.1 Å². The largest absolute Gasteiger partial charge is 0.478 e. The van der Waals surface area contributed by atoms with Gasteiger partial charge in [-0.25, -0.2) is 4.79 Å². The van der Waals surface area contributed by atoms with Crippen molar-refractivity contribution in [3.8, 4) is 0 Å². The molecule has 0 saturated carbocycles. The first-order valence-corrected chi connectivity index (χ1v) is 5.15. The van der Waals surface area contributed by atoms with E-state index in [1.54, 1.807) is 10.9 Å². The second kappa shape index (κ2) is 5.50. The van der Waals surface area contributed by atoms with E-state index < -0.39 is 5.97 Å². The number of aromatic carboxylic acids is 1. The van der Waals surface area contributed by atoms with Crippen LogP contribution in [0, 0.1) is 0 Å². The van der Waals surface area contributed by atoms with Crippen LogP contribution in [0.3, 0.4) is 0 Å². The molecule has 1 N–H and O–H groups in total. The van der Waals surface area contributed by atoms with Crippen LogP contribution in [0.4, 0.5) is 0 Å².